The molecule has 2 atom stereocenters. The van der Waals surface area contributed by atoms with Crippen LogP contribution in [0.4, 0.5) is 0 Å². The van der Waals surface area contributed by atoms with E-state index in [9.17, 15) is 14.7 Å². The molecule has 3 aliphatic rings. The van der Waals surface area contributed by atoms with Crippen molar-refractivity contribution in [3.63, 3.8) is 0 Å². The number of carboxylic acids is 1. The average molecular weight is 493 g/mol. The van der Waals surface area contributed by atoms with Gasteiger partial charge in [-0.3, -0.25) is 14.7 Å². The second-order valence-electron chi connectivity index (χ2n) is 10.5. The Hall–Kier alpha value is -2.73. The Morgan fingerprint density at radius 3 is 2.69 bits per heavy atom. The summed E-state index contributed by atoms with van der Waals surface area (Å²) in [6.45, 7) is 6.66. The first-order valence-electron chi connectivity index (χ1n) is 13.6. The smallest absolute Gasteiger partial charge is 0.332 e. The zero-order valence-corrected chi connectivity index (χ0v) is 22.0. The minimum absolute atomic E-state index is 0.194. The van der Waals surface area contributed by atoms with Gasteiger partial charge in [0.05, 0.1) is 12.6 Å². The van der Waals surface area contributed by atoms with Crippen molar-refractivity contribution in [2.75, 3.05) is 0 Å². The number of carbonyl (C=O) groups is 2. The quantitative estimate of drug-likeness (QED) is 0.420. The molecule has 1 aromatic rings. The van der Waals surface area contributed by atoms with Gasteiger partial charge in [-0.1, -0.05) is 76.0 Å². The third-order valence-electron chi connectivity index (χ3n) is 7.74. The van der Waals surface area contributed by atoms with Gasteiger partial charge in [-0.2, -0.15) is 0 Å². The van der Waals surface area contributed by atoms with Crippen LogP contribution < -0.4 is 0 Å². The first-order valence-corrected chi connectivity index (χ1v) is 13.6. The normalized spacial score (nSPS) is 22.0. The molecule has 0 bridgehead atoms. The summed E-state index contributed by atoms with van der Waals surface area (Å²) in [5.41, 5.74) is 4.01. The highest BCUT2D eigenvalue weighted by Gasteiger charge is 2.48. The molecule has 1 spiro atoms. The van der Waals surface area contributed by atoms with Crippen molar-refractivity contribution in [3.05, 3.63) is 53.1 Å². The number of unbranched alkanes of at least 4 members (excludes halogenated alkanes) is 1. The Bertz CT molecular complexity index is 1060. The summed E-state index contributed by atoms with van der Waals surface area (Å²) in [6.07, 6.45) is 14.1. The standard InChI is InChI=1S/C30H40N2O4/c1-4-6-13-27-31-30(16-8-7-9-17-30)29(35)32(27)20-22-14-15-25(21(3)18-22)23-11-10-12-24(19-23)36-26(5-2)28(33)34/h10-12,14-15,18,24,26H,4-9,13,16-17,19-20H2,1-3H3,(H,33,34). The van der Waals surface area contributed by atoms with Crippen LogP contribution in [-0.2, 0) is 20.9 Å². The van der Waals surface area contributed by atoms with E-state index < -0.39 is 17.6 Å². The minimum Gasteiger partial charge on any atom is -0.479 e. The molecule has 1 heterocycles. The van der Waals surface area contributed by atoms with Gasteiger partial charge in [0.2, 0.25) is 0 Å². The molecule has 1 aromatic carbocycles. The van der Waals surface area contributed by atoms with Crippen LogP contribution in [0.15, 0.2) is 41.4 Å². The summed E-state index contributed by atoms with van der Waals surface area (Å²) in [7, 11) is 0. The first-order chi connectivity index (χ1) is 17.4. The number of nitrogens with zero attached hydrogens (tertiary/aromatic N) is 2. The number of aliphatic carboxylic acids is 1. The third kappa shape index (κ3) is 5.64. The van der Waals surface area contributed by atoms with Crippen molar-refractivity contribution in [2.24, 2.45) is 4.99 Å². The molecular formula is C30H40N2O4. The number of aliphatic imine (C=N–C) groups is 1. The molecule has 1 fully saturated rings. The van der Waals surface area contributed by atoms with Crippen LogP contribution in [-0.4, -0.2) is 45.5 Å². The number of hydrogen-bond acceptors (Lipinski definition) is 4. The summed E-state index contributed by atoms with van der Waals surface area (Å²) in [5, 5.41) is 9.34. The molecule has 1 aliphatic heterocycles. The van der Waals surface area contributed by atoms with E-state index in [2.05, 4.69) is 38.1 Å². The molecule has 6 heteroatoms. The number of amides is 1. The number of hydrogen-bond donors (Lipinski definition) is 1. The molecule has 2 aliphatic carbocycles. The number of carbonyl (C=O) groups excluding carboxylic acids is 1. The van der Waals surface area contributed by atoms with Crippen molar-refractivity contribution < 1.29 is 19.4 Å². The summed E-state index contributed by atoms with van der Waals surface area (Å²) in [4.78, 5) is 32.0. The molecule has 1 saturated carbocycles. The Balaban J connectivity index is 1.48. The van der Waals surface area contributed by atoms with E-state index >= 15 is 0 Å². The predicted octanol–water partition coefficient (Wildman–Crippen LogP) is 6.22. The van der Waals surface area contributed by atoms with Crippen LogP contribution >= 0.6 is 0 Å². The highest BCUT2D eigenvalue weighted by atomic mass is 16.5. The van der Waals surface area contributed by atoms with E-state index in [1.54, 1.807) is 0 Å². The fraction of sp³-hybridized carbons (Fsp3) is 0.567. The Morgan fingerprint density at radius 2 is 2.03 bits per heavy atom. The number of amidine groups is 1. The topological polar surface area (TPSA) is 79.2 Å². The average Bonchev–Trinajstić information content (AvgIpc) is 3.11. The molecule has 0 saturated heterocycles. The van der Waals surface area contributed by atoms with E-state index in [1.165, 1.54) is 6.42 Å². The largest absolute Gasteiger partial charge is 0.479 e. The summed E-state index contributed by atoms with van der Waals surface area (Å²) < 4.78 is 5.83. The van der Waals surface area contributed by atoms with Gasteiger partial charge in [-0.05, 0) is 54.9 Å². The summed E-state index contributed by atoms with van der Waals surface area (Å²) >= 11 is 0. The number of aryl methyl sites for hydroxylation is 1. The lowest BCUT2D eigenvalue weighted by Gasteiger charge is -2.30. The van der Waals surface area contributed by atoms with Crippen molar-refractivity contribution in [1.29, 1.82) is 0 Å². The molecule has 194 valence electrons. The van der Waals surface area contributed by atoms with Gasteiger partial charge >= 0.3 is 5.97 Å². The second-order valence-corrected chi connectivity index (χ2v) is 10.5. The van der Waals surface area contributed by atoms with E-state index in [0.29, 0.717) is 19.4 Å². The fourth-order valence-corrected chi connectivity index (χ4v) is 5.72. The summed E-state index contributed by atoms with van der Waals surface area (Å²) in [6, 6.07) is 6.41. The molecule has 1 N–H and O–H groups in total. The van der Waals surface area contributed by atoms with E-state index in [0.717, 1.165) is 73.0 Å². The minimum atomic E-state index is -0.921. The lowest BCUT2D eigenvalue weighted by atomic mass is 9.82. The summed E-state index contributed by atoms with van der Waals surface area (Å²) in [5.74, 6) is 0.240. The van der Waals surface area contributed by atoms with E-state index in [1.807, 2.05) is 24.0 Å². The molecule has 0 radical (unpaired) electrons. The number of benzene rings is 1. The lowest BCUT2D eigenvalue weighted by Crippen LogP contribution is -2.43. The Morgan fingerprint density at radius 1 is 1.25 bits per heavy atom. The van der Waals surface area contributed by atoms with Gasteiger partial charge in [-0.15, -0.1) is 0 Å². The highest BCUT2D eigenvalue weighted by molar-refractivity contribution is 6.08. The molecule has 36 heavy (non-hydrogen) atoms. The van der Waals surface area contributed by atoms with Crippen LogP contribution in [0, 0.1) is 6.92 Å². The fourth-order valence-electron chi connectivity index (χ4n) is 5.72. The van der Waals surface area contributed by atoms with Gasteiger partial charge in [-0.25, -0.2) is 4.79 Å². The molecule has 4 rings (SSSR count). The SMILES string of the molecule is CCCCC1=NC2(CCCCC2)C(=O)N1Cc1ccc(C2=CC=CC(OC(CC)C(=O)O)C2)c(C)c1. The molecule has 0 aromatic heterocycles. The maximum Gasteiger partial charge on any atom is 0.332 e. The lowest BCUT2D eigenvalue weighted by molar-refractivity contribution is -0.152. The van der Waals surface area contributed by atoms with Gasteiger partial charge in [0, 0.05) is 12.8 Å². The van der Waals surface area contributed by atoms with Crippen LogP contribution in [0.1, 0.15) is 94.7 Å². The molecule has 2 unspecified atom stereocenters. The van der Waals surface area contributed by atoms with Crippen LogP contribution in [0.25, 0.3) is 5.57 Å². The number of rotatable bonds is 10. The zero-order valence-electron chi connectivity index (χ0n) is 22.0. The van der Waals surface area contributed by atoms with Gasteiger partial charge in [0.1, 0.15) is 11.4 Å². The number of allylic oxidation sites excluding steroid dienone is 2. The number of carboxylic acid groups (broad SMARTS) is 1. The highest BCUT2D eigenvalue weighted by Crippen LogP contribution is 2.39. The molecule has 6 nitrogen and oxygen atoms in total. The van der Waals surface area contributed by atoms with Gasteiger partial charge < -0.3 is 9.84 Å². The Labute approximate surface area is 215 Å². The molecular weight excluding hydrogens is 452 g/mol. The maximum absolute atomic E-state index is 13.6. The van der Waals surface area contributed by atoms with Crippen molar-refractivity contribution >= 4 is 23.3 Å². The van der Waals surface area contributed by atoms with E-state index in [4.69, 9.17) is 9.73 Å². The van der Waals surface area contributed by atoms with Crippen molar-refractivity contribution in [1.82, 2.24) is 4.90 Å². The molecule has 1 amide bonds. The van der Waals surface area contributed by atoms with Crippen molar-refractivity contribution in [2.45, 2.75) is 109 Å². The van der Waals surface area contributed by atoms with Crippen LogP contribution in [0.5, 0.6) is 0 Å². The monoisotopic (exact) mass is 492 g/mol. The van der Waals surface area contributed by atoms with Crippen LogP contribution in [0.2, 0.25) is 0 Å². The van der Waals surface area contributed by atoms with Crippen molar-refractivity contribution in [3.8, 4) is 0 Å². The Kier molecular flexibility index (Phi) is 8.45. The van der Waals surface area contributed by atoms with Gasteiger partial charge in [0.15, 0.2) is 6.10 Å². The zero-order chi connectivity index (χ0) is 25.7. The van der Waals surface area contributed by atoms with Gasteiger partial charge in [0.25, 0.3) is 5.91 Å². The predicted molar refractivity (Wildman–Crippen MR) is 143 cm³/mol. The van der Waals surface area contributed by atoms with Crippen LogP contribution in [0.3, 0.4) is 0 Å². The maximum atomic E-state index is 13.6. The van der Waals surface area contributed by atoms with E-state index in [-0.39, 0.29) is 12.0 Å². The number of ether oxygens (including phenoxy) is 1. The first kappa shape index (κ1) is 26.3. The second kappa shape index (κ2) is 11.5. The third-order valence-corrected chi connectivity index (χ3v) is 7.74.